The maximum Gasteiger partial charge on any atom is 0.255 e. The molecule has 3 atom stereocenters. The highest BCUT2D eigenvalue weighted by atomic mass is 35.5. The number of fused-ring (bicyclic) bond motifs is 2. The number of carbonyl (C=O) groups is 2. The van der Waals surface area contributed by atoms with Gasteiger partial charge in [-0.05, 0) is 67.6 Å². The van der Waals surface area contributed by atoms with Gasteiger partial charge in [0.1, 0.15) is 12.3 Å². The summed E-state index contributed by atoms with van der Waals surface area (Å²) in [6.45, 7) is 4.15. The van der Waals surface area contributed by atoms with Gasteiger partial charge in [0.2, 0.25) is 0 Å². The van der Waals surface area contributed by atoms with E-state index in [1.165, 1.54) is 28.1 Å². The van der Waals surface area contributed by atoms with E-state index in [-0.39, 0.29) is 25.4 Å². The van der Waals surface area contributed by atoms with Gasteiger partial charge in [-0.3, -0.25) is 14.9 Å². The van der Waals surface area contributed by atoms with Gasteiger partial charge in [0, 0.05) is 52.9 Å². The molecule has 0 saturated carbocycles. The molecule has 12 heteroatoms. The number of hydrogen-bond donors (Lipinski definition) is 1. The summed E-state index contributed by atoms with van der Waals surface area (Å²) in [5.41, 5.74) is 5.03. The molecule has 1 N–H and O–H groups in total. The van der Waals surface area contributed by atoms with Gasteiger partial charge < -0.3 is 14.4 Å². The predicted octanol–water partition coefficient (Wildman–Crippen LogP) is 6.43. The number of amides is 2. The second-order valence-corrected chi connectivity index (χ2v) is 13.5. The smallest absolute Gasteiger partial charge is 0.255 e. The molecule has 234 valence electrons. The van der Waals surface area contributed by atoms with Crippen LogP contribution < -0.4 is 5.32 Å². The Hall–Kier alpha value is -3.67. The van der Waals surface area contributed by atoms with Crippen LogP contribution in [0.2, 0.25) is 5.02 Å². The lowest BCUT2D eigenvalue weighted by atomic mass is 9.88. The van der Waals surface area contributed by atoms with E-state index in [4.69, 9.17) is 11.6 Å². The molecule has 3 aliphatic heterocycles. The van der Waals surface area contributed by atoms with Gasteiger partial charge in [0.25, 0.3) is 11.8 Å². The Bertz CT molecular complexity index is 1720. The zero-order valence-corrected chi connectivity index (χ0v) is 26.3. The fourth-order valence-electron chi connectivity index (χ4n) is 6.90. The van der Waals surface area contributed by atoms with Gasteiger partial charge in [0.05, 0.1) is 18.6 Å². The SMILES string of the molecule is CC(F)CN1CCC(c2ccc(-c3cc(Cl)c4c(c3)C(=O)N(C(C(=O)Nc3nccs3)c3ncn5c3C[C@@H](F)C5)C4)cc2)CC1. The van der Waals surface area contributed by atoms with Crippen molar-refractivity contribution in [2.75, 3.05) is 25.0 Å². The van der Waals surface area contributed by atoms with Crippen LogP contribution >= 0.6 is 22.9 Å². The number of aromatic nitrogens is 3. The molecule has 0 radical (unpaired) electrons. The van der Waals surface area contributed by atoms with Gasteiger partial charge in [0.15, 0.2) is 11.2 Å². The Morgan fingerprint density at radius 2 is 1.93 bits per heavy atom. The quantitative estimate of drug-likeness (QED) is 0.238. The molecule has 0 aliphatic carbocycles. The molecule has 1 fully saturated rings. The first kappa shape index (κ1) is 30.0. The first-order valence-corrected chi connectivity index (χ1v) is 16.5. The molecule has 2 unspecified atom stereocenters. The summed E-state index contributed by atoms with van der Waals surface area (Å²) >= 11 is 8.07. The van der Waals surface area contributed by atoms with Crippen LogP contribution in [0.25, 0.3) is 11.1 Å². The summed E-state index contributed by atoms with van der Waals surface area (Å²) in [5, 5.41) is 5.40. The number of thiazole rings is 1. The van der Waals surface area contributed by atoms with Gasteiger partial charge in [-0.1, -0.05) is 35.9 Å². The minimum absolute atomic E-state index is 0.118. The molecule has 2 aromatic heterocycles. The van der Waals surface area contributed by atoms with E-state index in [0.717, 1.165) is 37.1 Å². The van der Waals surface area contributed by atoms with Crippen molar-refractivity contribution < 1.29 is 18.4 Å². The van der Waals surface area contributed by atoms with Gasteiger partial charge in [-0.15, -0.1) is 11.3 Å². The van der Waals surface area contributed by atoms with Crippen molar-refractivity contribution in [2.45, 2.75) is 63.6 Å². The largest absolute Gasteiger partial charge is 0.331 e. The summed E-state index contributed by atoms with van der Waals surface area (Å²) < 4.78 is 29.5. The number of piperidine rings is 1. The topological polar surface area (TPSA) is 83.4 Å². The van der Waals surface area contributed by atoms with Crippen LogP contribution in [-0.4, -0.2) is 68.1 Å². The molecule has 8 nitrogen and oxygen atoms in total. The number of halogens is 3. The Morgan fingerprint density at radius 3 is 2.64 bits per heavy atom. The van der Waals surface area contributed by atoms with E-state index in [1.807, 2.05) is 24.3 Å². The Kier molecular flexibility index (Phi) is 8.18. The van der Waals surface area contributed by atoms with E-state index >= 15 is 0 Å². The van der Waals surface area contributed by atoms with E-state index < -0.39 is 24.3 Å². The fourth-order valence-corrected chi connectivity index (χ4v) is 7.71. The molecule has 3 aliphatic rings. The Labute approximate surface area is 269 Å². The van der Waals surface area contributed by atoms with Gasteiger partial charge in [-0.25, -0.2) is 18.7 Å². The number of rotatable bonds is 8. The third-order valence-electron chi connectivity index (χ3n) is 9.10. The average molecular weight is 651 g/mol. The second-order valence-electron chi connectivity index (χ2n) is 12.2. The second kappa shape index (κ2) is 12.3. The van der Waals surface area contributed by atoms with Crippen molar-refractivity contribution in [2.24, 2.45) is 0 Å². The number of nitrogens with zero attached hydrogens (tertiary/aromatic N) is 5. The van der Waals surface area contributed by atoms with Crippen molar-refractivity contribution >= 4 is 39.9 Å². The minimum atomic E-state index is -1.09. The van der Waals surface area contributed by atoms with Gasteiger partial charge >= 0.3 is 0 Å². The monoisotopic (exact) mass is 650 g/mol. The van der Waals surface area contributed by atoms with Crippen LogP contribution in [0.3, 0.4) is 0 Å². The maximum absolute atomic E-state index is 14.3. The van der Waals surface area contributed by atoms with E-state index in [1.54, 1.807) is 23.1 Å². The number of anilines is 1. The normalized spacial score (nSPS) is 19.9. The van der Waals surface area contributed by atoms with Crippen LogP contribution in [0.15, 0.2) is 54.3 Å². The third-order valence-corrected chi connectivity index (χ3v) is 10.1. The molecule has 45 heavy (non-hydrogen) atoms. The number of nitrogens with one attached hydrogen (secondary N) is 1. The lowest BCUT2D eigenvalue weighted by molar-refractivity contribution is -0.121. The fraction of sp³-hybridized carbons (Fsp3) is 0.394. The molecule has 2 aromatic carbocycles. The molecular weight excluding hydrogens is 618 g/mol. The Morgan fingerprint density at radius 1 is 1.16 bits per heavy atom. The van der Waals surface area contributed by atoms with Crippen molar-refractivity contribution in [3.63, 3.8) is 0 Å². The Balaban J connectivity index is 1.14. The van der Waals surface area contributed by atoms with E-state index in [0.29, 0.717) is 45.1 Å². The molecule has 0 spiro atoms. The van der Waals surface area contributed by atoms with Crippen LogP contribution in [0.5, 0.6) is 0 Å². The summed E-state index contributed by atoms with van der Waals surface area (Å²) in [5.74, 6) is -0.379. The standard InChI is InChI=1S/C33H33ClF2N6O2S/c1-19(35)15-40-9-6-22(7-10-40)20-2-4-21(5-3-20)23-12-25-26(27(34)13-23)17-42(32(25)44)30(31(43)39-33-37-8-11-45-33)29-28-14-24(36)16-41(28)18-38-29/h2-5,8,11-13,18-19,22,24,30H,6-7,9-10,14-17H2,1H3,(H,37,39,43)/t19?,24-,30?/m1/s1. The molecule has 5 heterocycles. The highest BCUT2D eigenvalue weighted by Crippen LogP contribution is 2.40. The van der Waals surface area contributed by atoms with Crippen molar-refractivity contribution in [1.82, 2.24) is 24.3 Å². The highest BCUT2D eigenvalue weighted by molar-refractivity contribution is 7.13. The van der Waals surface area contributed by atoms with Crippen LogP contribution in [0, 0.1) is 0 Å². The summed E-state index contributed by atoms with van der Waals surface area (Å²) in [6, 6.07) is 10.9. The van der Waals surface area contributed by atoms with E-state index in [9.17, 15) is 18.4 Å². The molecule has 7 rings (SSSR count). The summed E-state index contributed by atoms with van der Waals surface area (Å²) in [6.07, 6.45) is 3.33. The van der Waals surface area contributed by atoms with Crippen molar-refractivity contribution in [3.05, 3.63) is 87.4 Å². The zero-order valence-electron chi connectivity index (χ0n) is 24.8. The predicted molar refractivity (Wildman–Crippen MR) is 170 cm³/mol. The first-order chi connectivity index (χ1) is 21.7. The number of likely N-dealkylation sites (tertiary alicyclic amines) is 1. The number of hydrogen-bond acceptors (Lipinski definition) is 6. The molecule has 2 amide bonds. The lowest BCUT2D eigenvalue weighted by Crippen LogP contribution is -2.38. The summed E-state index contributed by atoms with van der Waals surface area (Å²) in [4.78, 5) is 40.1. The maximum atomic E-state index is 14.3. The third kappa shape index (κ3) is 5.89. The zero-order chi connectivity index (χ0) is 31.2. The number of benzene rings is 2. The highest BCUT2D eigenvalue weighted by Gasteiger charge is 2.42. The number of imidazole rings is 1. The summed E-state index contributed by atoms with van der Waals surface area (Å²) in [7, 11) is 0. The van der Waals surface area contributed by atoms with Crippen LogP contribution in [-0.2, 0) is 24.3 Å². The molecule has 4 aromatic rings. The molecule has 0 bridgehead atoms. The van der Waals surface area contributed by atoms with E-state index in [2.05, 4.69) is 32.3 Å². The van der Waals surface area contributed by atoms with Crippen molar-refractivity contribution in [1.29, 1.82) is 0 Å². The number of alkyl halides is 2. The first-order valence-electron chi connectivity index (χ1n) is 15.2. The van der Waals surface area contributed by atoms with Crippen molar-refractivity contribution in [3.8, 4) is 11.1 Å². The molecular formula is C33H33ClF2N6O2S. The lowest BCUT2D eigenvalue weighted by Gasteiger charge is -2.32. The number of carbonyl (C=O) groups excluding carboxylic acids is 2. The molecule has 1 saturated heterocycles. The average Bonchev–Trinajstić information content (AvgIpc) is 3.81. The van der Waals surface area contributed by atoms with Crippen LogP contribution in [0.1, 0.15) is 64.6 Å². The van der Waals surface area contributed by atoms with Gasteiger partial charge in [-0.2, -0.15) is 0 Å². The van der Waals surface area contributed by atoms with Crippen LogP contribution in [0.4, 0.5) is 13.9 Å². The minimum Gasteiger partial charge on any atom is -0.331 e.